The Bertz CT molecular complexity index is 374. The SMILES string of the molecule is COc1ccc(C(O)C(C)C2CC2)cc1F. The van der Waals surface area contributed by atoms with E-state index < -0.39 is 11.9 Å². The lowest BCUT2D eigenvalue weighted by Gasteiger charge is -2.19. The number of hydrogen-bond donors (Lipinski definition) is 1. The highest BCUT2D eigenvalue weighted by Crippen LogP contribution is 2.42. The Kier molecular flexibility index (Phi) is 3.15. The Hall–Kier alpha value is -1.09. The van der Waals surface area contributed by atoms with Gasteiger partial charge in [0.15, 0.2) is 11.6 Å². The first kappa shape index (κ1) is 11.4. The van der Waals surface area contributed by atoms with Gasteiger partial charge in [-0.3, -0.25) is 0 Å². The summed E-state index contributed by atoms with van der Waals surface area (Å²) in [6.07, 6.45) is 1.78. The molecule has 0 bridgehead atoms. The summed E-state index contributed by atoms with van der Waals surface area (Å²) in [5.41, 5.74) is 0.637. The van der Waals surface area contributed by atoms with E-state index in [-0.39, 0.29) is 11.7 Å². The summed E-state index contributed by atoms with van der Waals surface area (Å²) in [5.74, 6) is 0.602. The van der Waals surface area contributed by atoms with Crippen LogP contribution in [0.15, 0.2) is 18.2 Å². The second-order valence-electron chi connectivity index (χ2n) is 4.54. The van der Waals surface area contributed by atoms with Gasteiger partial charge in [-0.05, 0) is 42.4 Å². The first-order chi connectivity index (χ1) is 7.63. The van der Waals surface area contributed by atoms with E-state index in [0.29, 0.717) is 11.5 Å². The molecule has 0 saturated heterocycles. The Labute approximate surface area is 95.1 Å². The molecule has 0 amide bonds. The lowest BCUT2D eigenvalue weighted by atomic mass is 9.93. The first-order valence-electron chi connectivity index (χ1n) is 5.65. The van der Waals surface area contributed by atoms with E-state index in [1.807, 2.05) is 6.92 Å². The molecule has 1 saturated carbocycles. The third kappa shape index (κ3) is 2.19. The molecule has 1 aromatic rings. The summed E-state index contributed by atoms with van der Waals surface area (Å²) in [6, 6.07) is 4.65. The molecule has 16 heavy (non-hydrogen) atoms. The van der Waals surface area contributed by atoms with Gasteiger partial charge in [-0.2, -0.15) is 0 Å². The number of benzene rings is 1. The Balaban J connectivity index is 2.16. The number of hydrogen-bond acceptors (Lipinski definition) is 2. The number of aliphatic hydroxyl groups excluding tert-OH is 1. The van der Waals surface area contributed by atoms with Crippen molar-refractivity contribution in [1.82, 2.24) is 0 Å². The van der Waals surface area contributed by atoms with E-state index in [9.17, 15) is 9.50 Å². The Morgan fingerprint density at radius 1 is 1.44 bits per heavy atom. The minimum absolute atomic E-state index is 0.202. The average Bonchev–Trinajstić information content (AvgIpc) is 3.11. The van der Waals surface area contributed by atoms with Gasteiger partial charge >= 0.3 is 0 Å². The summed E-state index contributed by atoms with van der Waals surface area (Å²) in [7, 11) is 1.43. The molecule has 1 fully saturated rings. The van der Waals surface area contributed by atoms with Crippen LogP contribution in [0.5, 0.6) is 5.75 Å². The minimum Gasteiger partial charge on any atom is -0.494 e. The van der Waals surface area contributed by atoms with Crippen molar-refractivity contribution in [2.75, 3.05) is 7.11 Å². The fourth-order valence-electron chi connectivity index (χ4n) is 2.05. The van der Waals surface area contributed by atoms with Crippen LogP contribution in [-0.2, 0) is 0 Å². The molecule has 2 rings (SSSR count). The van der Waals surface area contributed by atoms with Crippen LogP contribution < -0.4 is 4.74 Å². The molecule has 0 radical (unpaired) electrons. The molecule has 0 spiro atoms. The van der Waals surface area contributed by atoms with Crippen molar-refractivity contribution in [3.05, 3.63) is 29.6 Å². The van der Waals surface area contributed by atoms with Crippen LogP contribution in [0.3, 0.4) is 0 Å². The quantitative estimate of drug-likeness (QED) is 0.852. The predicted molar refractivity (Wildman–Crippen MR) is 59.8 cm³/mol. The fourth-order valence-corrected chi connectivity index (χ4v) is 2.05. The number of rotatable bonds is 4. The third-order valence-corrected chi connectivity index (χ3v) is 3.38. The highest BCUT2D eigenvalue weighted by atomic mass is 19.1. The molecule has 2 unspecified atom stereocenters. The molecule has 3 heteroatoms. The number of ether oxygens (including phenoxy) is 1. The van der Waals surface area contributed by atoms with Gasteiger partial charge in [0.2, 0.25) is 0 Å². The van der Waals surface area contributed by atoms with Crippen LogP contribution in [0.2, 0.25) is 0 Å². The smallest absolute Gasteiger partial charge is 0.165 e. The zero-order chi connectivity index (χ0) is 11.7. The van der Waals surface area contributed by atoms with Crippen LogP contribution in [-0.4, -0.2) is 12.2 Å². The van der Waals surface area contributed by atoms with Crippen LogP contribution in [0.25, 0.3) is 0 Å². The van der Waals surface area contributed by atoms with Gasteiger partial charge in [-0.25, -0.2) is 4.39 Å². The highest BCUT2D eigenvalue weighted by molar-refractivity contribution is 5.30. The van der Waals surface area contributed by atoms with Gasteiger partial charge in [-0.1, -0.05) is 13.0 Å². The van der Waals surface area contributed by atoms with E-state index in [0.717, 1.165) is 0 Å². The topological polar surface area (TPSA) is 29.5 Å². The van der Waals surface area contributed by atoms with Crippen LogP contribution in [0, 0.1) is 17.7 Å². The summed E-state index contributed by atoms with van der Waals surface area (Å²) in [6.45, 7) is 2.02. The summed E-state index contributed by atoms with van der Waals surface area (Å²) >= 11 is 0. The zero-order valence-electron chi connectivity index (χ0n) is 9.61. The van der Waals surface area contributed by atoms with Gasteiger partial charge in [0.25, 0.3) is 0 Å². The van der Waals surface area contributed by atoms with Crippen LogP contribution in [0.4, 0.5) is 4.39 Å². The lowest BCUT2D eigenvalue weighted by molar-refractivity contribution is 0.105. The minimum atomic E-state index is -0.576. The summed E-state index contributed by atoms with van der Waals surface area (Å²) < 4.78 is 18.3. The number of halogens is 1. The van der Waals surface area contributed by atoms with Crippen molar-refractivity contribution < 1.29 is 14.2 Å². The van der Waals surface area contributed by atoms with Gasteiger partial charge in [0.05, 0.1) is 13.2 Å². The molecular formula is C13H17FO2. The monoisotopic (exact) mass is 224 g/mol. The van der Waals surface area contributed by atoms with E-state index in [4.69, 9.17) is 4.74 Å². The molecule has 88 valence electrons. The molecule has 2 nitrogen and oxygen atoms in total. The molecule has 1 aliphatic carbocycles. The maximum absolute atomic E-state index is 13.5. The molecule has 0 heterocycles. The van der Waals surface area contributed by atoms with Crippen molar-refractivity contribution in [3.8, 4) is 5.75 Å². The largest absolute Gasteiger partial charge is 0.494 e. The average molecular weight is 224 g/mol. The first-order valence-corrected chi connectivity index (χ1v) is 5.65. The van der Waals surface area contributed by atoms with Crippen LogP contribution in [0.1, 0.15) is 31.4 Å². The summed E-state index contributed by atoms with van der Waals surface area (Å²) in [4.78, 5) is 0. The number of methoxy groups -OCH3 is 1. The van der Waals surface area contributed by atoms with Crippen molar-refractivity contribution in [1.29, 1.82) is 0 Å². The van der Waals surface area contributed by atoms with Crippen molar-refractivity contribution in [2.45, 2.75) is 25.9 Å². The molecular weight excluding hydrogens is 207 g/mol. The molecule has 1 N–H and O–H groups in total. The van der Waals surface area contributed by atoms with E-state index in [1.54, 1.807) is 12.1 Å². The second-order valence-corrected chi connectivity index (χ2v) is 4.54. The number of aliphatic hydroxyl groups is 1. The standard InChI is InChI=1S/C13H17FO2/c1-8(9-3-4-9)13(15)10-5-6-12(16-2)11(14)7-10/h5-9,13,15H,3-4H2,1-2H3. The normalized spacial score (nSPS) is 19.2. The fraction of sp³-hybridized carbons (Fsp3) is 0.538. The third-order valence-electron chi connectivity index (χ3n) is 3.38. The zero-order valence-corrected chi connectivity index (χ0v) is 9.61. The second kappa shape index (κ2) is 4.42. The lowest BCUT2D eigenvalue weighted by Crippen LogP contribution is -2.11. The van der Waals surface area contributed by atoms with Crippen molar-refractivity contribution in [3.63, 3.8) is 0 Å². The Morgan fingerprint density at radius 2 is 2.12 bits per heavy atom. The van der Waals surface area contributed by atoms with E-state index in [2.05, 4.69) is 0 Å². The van der Waals surface area contributed by atoms with Gasteiger partial charge < -0.3 is 9.84 Å². The van der Waals surface area contributed by atoms with Crippen LogP contribution >= 0.6 is 0 Å². The predicted octanol–water partition coefficient (Wildman–Crippen LogP) is 2.91. The Morgan fingerprint density at radius 3 is 2.62 bits per heavy atom. The molecule has 2 atom stereocenters. The van der Waals surface area contributed by atoms with E-state index >= 15 is 0 Å². The van der Waals surface area contributed by atoms with Gasteiger partial charge in [-0.15, -0.1) is 0 Å². The van der Waals surface area contributed by atoms with Crippen molar-refractivity contribution >= 4 is 0 Å². The molecule has 0 aromatic heterocycles. The highest BCUT2D eigenvalue weighted by Gasteiger charge is 2.33. The molecule has 1 aliphatic rings. The van der Waals surface area contributed by atoms with E-state index in [1.165, 1.54) is 26.0 Å². The van der Waals surface area contributed by atoms with Gasteiger partial charge in [0, 0.05) is 0 Å². The summed E-state index contributed by atoms with van der Waals surface area (Å²) in [5, 5.41) is 10.1. The van der Waals surface area contributed by atoms with Crippen molar-refractivity contribution in [2.24, 2.45) is 11.8 Å². The molecule has 0 aliphatic heterocycles. The maximum atomic E-state index is 13.5. The molecule has 1 aromatic carbocycles. The maximum Gasteiger partial charge on any atom is 0.165 e. The van der Waals surface area contributed by atoms with Gasteiger partial charge in [0.1, 0.15) is 0 Å².